The normalized spacial score (nSPS) is 13.2. The Morgan fingerprint density at radius 1 is 1.21 bits per heavy atom. The Labute approximate surface area is 123 Å². The molecule has 19 heavy (non-hydrogen) atoms. The highest BCUT2D eigenvalue weighted by atomic mass is 79.9. The van der Waals surface area contributed by atoms with E-state index in [2.05, 4.69) is 15.9 Å². The lowest BCUT2D eigenvalue weighted by atomic mass is 10.1. The molecule has 0 radical (unpaired) electrons. The van der Waals surface area contributed by atoms with Crippen LogP contribution in [0.1, 0.15) is 23.8 Å². The lowest BCUT2D eigenvalue weighted by molar-refractivity contribution is -0.135. The lowest BCUT2D eigenvalue weighted by Crippen LogP contribution is -2.08. The smallest absolute Gasteiger partial charge is 0.389 e. The van der Waals surface area contributed by atoms with E-state index in [1.54, 1.807) is 12.1 Å². The first kappa shape index (κ1) is 16.4. The third-order valence-corrected chi connectivity index (χ3v) is 3.60. The van der Waals surface area contributed by atoms with Gasteiger partial charge in [-0.05, 0) is 34.5 Å². The Morgan fingerprint density at radius 3 is 2.26 bits per heavy atom. The third kappa shape index (κ3) is 4.76. The fourth-order valence-electron chi connectivity index (χ4n) is 1.57. The molecule has 2 nitrogen and oxygen atoms in total. The molecule has 1 aromatic rings. The van der Waals surface area contributed by atoms with Gasteiger partial charge in [-0.3, -0.25) is 0 Å². The van der Waals surface area contributed by atoms with Gasteiger partial charge in [-0.1, -0.05) is 0 Å². The monoisotopic (exact) mass is 360 g/mol. The number of methoxy groups -OCH3 is 2. The maximum atomic E-state index is 12.2. The van der Waals surface area contributed by atoms with Crippen LogP contribution in [0.5, 0.6) is 11.5 Å². The van der Waals surface area contributed by atoms with Crippen LogP contribution in [-0.2, 0) is 0 Å². The van der Waals surface area contributed by atoms with Crippen LogP contribution in [0.4, 0.5) is 13.2 Å². The number of alkyl halides is 4. The molecular formula is C12H13BrClF3O2. The largest absolute Gasteiger partial charge is 0.496 e. The molecule has 1 atom stereocenters. The average Bonchev–Trinajstić information content (AvgIpc) is 2.34. The highest BCUT2D eigenvalue weighted by Gasteiger charge is 2.29. The van der Waals surface area contributed by atoms with Crippen molar-refractivity contribution in [2.75, 3.05) is 14.2 Å². The summed E-state index contributed by atoms with van der Waals surface area (Å²) in [5.74, 6) is 0.920. The van der Waals surface area contributed by atoms with E-state index in [-0.39, 0.29) is 6.42 Å². The summed E-state index contributed by atoms with van der Waals surface area (Å²) in [7, 11) is 2.90. The molecule has 1 unspecified atom stereocenters. The van der Waals surface area contributed by atoms with Gasteiger partial charge in [0.15, 0.2) is 0 Å². The quantitative estimate of drug-likeness (QED) is 0.680. The van der Waals surface area contributed by atoms with Crippen molar-refractivity contribution in [2.45, 2.75) is 24.4 Å². The van der Waals surface area contributed by atoms with E-state index in [1.807, 2.05) is 0 Å². The van der Waals surface area contributed by atoms with Gasteiger partial charge in [0.1, 0.15) is 11.5 Å². The van der Waals surface area contributed by atoms with Crippen LogP contribution in [0.25, 0.3) is 0 Å². The second kappa shape index (κ2) is 6.70. The van der Waals surface area contributed by atoms with Gasteiger partial charge in [0.05, 0.1) is 24.1 Å². The van der Waals surface area contributed by atoms with E-state index < -0.39 is 18.0 Å². The summed E-state index contributed by atoms with van der Waals surface area (Å²) in [6.07, 6.45) is -5.38. The molecule has 0 aromatic heterocycles. The Balaban J connectivity index is 2.97. The SMILES string of the molecule is COc1cc(C(Cl)CCC(F)(F)F)c(OC)cc1Br. The van der Waals surface area contributed by atoms with Crippen molar-refractivity contribution >= 4 is 27.5 Å². The first-order valence-electron chi connectivity index (χ1n) is 5.40. The molecule has 0 saturated carbocycles. The number of hydrogen-bond donors (Lipinski definition) is 0. The van der Waals surface area contributed by atoms with Crippen LogP contribution in [-0.4, -0.2) is 20.4 Å². The maximum absolute atomic E-state index is 12.2. The van der Waals surface area contributed by atoms with Crippen LogP contribution < -0.4 is 9.47 Å². The van der Waals surface area contributed by atoms with E-state index in [1.165, 1.54) is 14.2 Å². The molecule has 0 amide bonds. The molecule has 1 rings (SSSR count). The lowest BCUT2D eigenvalue weighted by Gasteiger charge is -2.17. The predicted molar refractivity (Wildman–Crippen MR) is 71.1 cm³/mol. The minimum atomic E-state index is -4.22. The number of ether oxygens (including phenoxy) is 2. The summed E-state index contributed by atoms with van der Waals surface area (Å²) in [5, 5.41) is -0.793. The summed E-state index contributed by atoms with van der Waals surface area (Å²) < 4.78 is 47.5. The van der Waals surface area contributed by atoms with Gasteiger partial charge in [-0.25, -0.2) is 0 Å². The second-order valence-corrected chi connectivity index (χ2v) is 5.23. The standard InChI is InChI=1S/C12H13BrClF3O2/c1-18-10-6-8(13)11(19-2)5-7(10)9(14)3-4-12(15,16)17/h5-6,9H,3-4H2,1-2H3. The number of benzene rings is 1. The highest BCUT2D eigenvalue weighted by molar-refractivity contribution is 9.10. The summed E-state index contributed by atoms with van der Waals surface area (Å²) in [4.78, 5) is 0. The first-order chi connectivity index (χ1) is 8.78. The van der Waals surface area contributed by atoms with Gasteiger partial charge in [0.25, 0.3) is 0 Å². The summed E-state index contributed by atoms with van der Waals surface area (Å²) in [6, 6.07) is 3.20. The molecule has 0 fully saturated rings. The zero-order valence-electron chi connectivity index (χ0n) is 10.4. The average molecular weight is 362 g/mol. The molecule has 0 bridgehead atoms. The molecule has 0 N–H and O–H groups in total. The predicted octanol–water partition coefficient (Wildman–Crippen LogP) is 5.09. The van der Waals surface area contributed by atoms with Crippen molar-refractivity contribution < 1.29 is 22.6 Å². The molecular weight excluding hydrogens is 348 g/mol. The van der Waals surface area contributed by atoms with Gasteiger partial charge in [-0.15, -0.1) is 11.6 Å². The van der Waals surface area contributed by atoms with Crippen molar-refractivity contribution in [3.05, 3.63) is 22.2 Å². The van der Waals surface area contributed by atoms with Gasteiger partial charge in [-0.2, -0.15) is 13.2 Å². The first-order valence-corrected chi connectivity index (χ1v) is 6.63. The Morgan fingerprint density at radius 2 is 1.79 bits per heavy atom. The minimum absolute atomic E-state index is 0.216. The molecule has 108 valence electrons. The molecule has 1 aromatic carbocycles. The van der Waals surface area contributed by atoms with Crippen LogP contribution in [0.15, 0.2) is 16.6 Å². The van der Waals surface area contributed by atoms with Gasteiger partial charge in [0.2, 0.25) is 0 Å². The van der Waals surface area contributed by atoms with Crippen LogP contribution >= 0.6 is 27.5 Å². The number of hydrogen-bond acceptors (Lipinski definition) is 2. The minimum Gasteiger partial charge on any atom is -0.496 e. The van der Waals surface area contributed by atoms with E-state index in [4.69, 9.17) is 21.1 Å². The van der Waals surface area contributed by atoms with Crippen molar-refractivity contribution in [2.24, 2.45) is 0 Å². The molecule has 0 saturated heterocycles. The Bertz CT molecular complexity index is 438. The molecule has 7 heteroatoms. The van der Waals surface area contributed by atoms with Gasteiger partial charge >= 0.3 is 6.18 Å². The van der Waals surface area contributed by atoms with Crippen LogP contribution in [0.3, 0.4) is 0 Å². The van der Waals surface area contributed by atoms with Crippen LogP contribution in [0.2, 0.25) is 0 Å². The fourth-order valence-corrected chi connectivity index (χ4v) is 2.34. The second-order valence-electron chi connectivity index (χ2n) is 3.85. The van der Waals surface area contributed by atoms with E-state index in [0.29, 0.717) is 21.5 Å². The number of halogens is 5. The van der Waals surface area contributed by atoms with Crippen molar-refractivity contribution in [1.29, 1.82) is 0 Å². The van der Waals surface area contributed by atoms with E-state index >= 15 is 0 Å². The maximum Gasteiger partial charge on any atom is 0.389 e. The van der Waals surface area contributed by atoms with Gasteiger partial charge in [0, 0.05) is 12.0 Å². The molecule has 0 aliphatic rings. The summed E-state index contributed by atoms with van der Waals surface area (Å²) >= 11 is 9.30. The van der Waals surface area contributed by atoms with Gasteiger partial charge < -0.3 is 9.47 Å². The number of rotatable bonds is 5. The highest BCUT2D eigenvalue weighted by Crippen LogP contribution is 2.40. The fraction of sp³-hybridized carbons (Fsp3) is 0.500. The van der Waals surface area contributed by atoms with Crippen molar-refractivity contribution in [3.8, 4) is 11.5 Å². The summed E-state index contributed by atoms with van der Waals surface area (Å²) in [5.41, 5.74) is 0.480. The summed E-state index contributed by atoms with van der Waals surface area (Å²) in [6.45, 7) is 0. The van der Waals surface area contributed by atoms with Crippen molar-refractivity contribution in [1.82, 2.24) is 0 Å². The Kier molecular flexibility index (Phi) is 5.80. The topological polar surface area (TPSA) is 18.5 Å². The Hall–Kier alpha value is -0.620. The zero-order chi connectivity index (χ0) is 14.6. The molecule has 0 heterocycles. The third-order valence-electron chi connectivity index (χ3n) is 2.52. The zero-order valence-corrected chi connectivity index (χ0v) is 12.7. The molecule has 0 aliphatic heterocycles. The van der Waals surface area contributed by atoms with E-state index in [9.17, 15) is 13.2 Å². The van der Waals surface area contributed by atoms with E-state index in [0.717, 1.165) is 0 Å². The van der Waals surface area contributed by atoms with Crippen molar-refractivity contribution in [3.63, 3.8) is 0 Å². The molecule has 0 aliphatic carbocycles. The molecule has 0 spiro atoms. The van der Waals surface area contributed by atoms with Crippen LogP contribution in [0, 0.1) is 0 Å².